The van der Waals surface area contributed by atoms with Crippen molar-refractivity contribution in [3.63, 3.8) is 0 Å². The van der Waals surface area contributed by atoms with E-state index in [1.807, 2.05) is 4.90 Å². The fourth-order valence-electron chi connectivity index (χ4n) is 2.99. The van der Waals surface area contributed by atoms with Gasteiger partial charge in [-0.25, -0.2) is 13.6 Å². The zero-order valence-corrected chi connectivity index (χ0v) is 15.4. The minimum Gasteiger partial charge on any atom is -0.368 e. The second kappa shape index (κ2) is 7.43. The highest BCUT2D eigenvalue weighted by Gasteiger charge is 2.39. The molecule has 0 aromatic heterocycles. The second-order valence-corrected chi connectivity index (χ2v) is 8.33. The van der Waals surface area contributed by atoms with Crippen LogP contribution in [0, 0.1) is 5.92 Å². The van der Waals surface area contributed by atoms with E-state index in [0.29, 0.717) is 25.4 Å². The lowest BCUT2D eigenvalue weighted by Crippen LogP contribution is -2.53. The van der Waals surface area contributed by atoms with Gasteiger partial charge in [0.2, 0.25) is 15.9 Å². The van der Waals surface area contributed by atoms with Crippen LogP contribution in [0.5, 0.6) is 0 Å². The molecule has 0 bridgehead atoms. The maximum atomic E-state index is 12.5. The van der Waals surface area contributed by atoms with E-state index in [1.54, 1.807) is 13.0 Å². The van der Waals surface area contributed by atoms with E-state index < -0.39 is 22.2 Å². The van der Waals surface area contributed by atoms with Gasteiger partial charge in [0.05, 0.1) is 17.5 Å². The summed E-state index contributed by atoms with van der Waals surface area (Å²) in [4.78, 5) is 26.6. The van der Waals surface area contributed by atoms with Crippen LogP contribution in [0.1, 0.15) is 19.8 Å². The highest BCUT2D eigenvalue weighted by molar-refractivity contribution is 7.89. The van der Waals surface area contributed by atoms with E-state index in [2.05, 4.69) is 5.32 Å². The third-order valence-corrected chi connectivity index (χ3v) is 5.66. The zero-order valence-electron chi connectivity index (χ0n) is 14.6. The number of carbonyl (C=O) groups is 2. The molecule has 2 aliphatic rings. The van der Waals surface area contributed by atoms with Crippen LogP contribution in [0.2, 0.25) is 0 Å². The van der Waals surface area contributed by atoms with Crippen molar-refractivity contribution in [1.29, 1.82) is 0 Å². The van der Waals surface area contributed by atoms with E-state index in [-0.39, 0.29) is 22.5 Å². The Kier molecular flexibility index (Phi) is 5.42. The number of primary sulfonamides is 1. The number of hydrogen-bond donors (Lipinski definition) is 2. The van der Waals surface area contributed by atoms with Gasteiger partial charge in [0.15, 0.2) is 5.78 Å². The average molecular weight is 381 g/mol. The first-order valence-electron chi connectivity index (χ1n) is 8.59. The molecule has 1 saturated heterocycles. The molecule has 0 unspecified atom stereocenters. The van der Waals surface area contributed by atoms with Crippen molar-refractivity contribution in [2.45, 2.75) is 36.8 Å². The standard InChI is InChI=1S/C17H23N3O5S/c1-11(20-7-8-25-15(10-20)16(21)12-5-6-12)17(22)19-13-3-2-4-14(9-13)26(18,23)24/h2-4,9,11-12,15H,5-8,10H2,1H3,(H,19,22)(H2,18,23,24)/t11-,15+/m0/s1. The maximum absolute atomic E-state index is 12.5. The molecule has 1 aliphatic carbocycles. The molecule has 9 heteroatoms. The van der Waals surface area contributed by atoms with E-state index in [9.17, 15) is 18.0 Å². The Hall–Kier alpha value is -1.81. The summed E-state index contributed by atoms with van der Waals surface area (Å²) in [6, 6.07) is 5.31. The molecule has 2 atom stereocenters. The lowest BCUT2D eigenvalue weighted by Gasteiger charge is -2.35. The van der Waals surface area contributed by atoms with Crippen LogP contribution in [0.4, 0.5) is 5.69 Å². The number of Topliss-reactive ketones (excluding diaryl/α,β-unsaturated/α-hetero) is 1. The predicted octanol–water partition coefficient (Wildman–Crippen LogP) is 0.341. The number of ether oxygens (including phenoxy) is 1. The largest absolute Gasteiger partial charge is 0.368 e. The summed E-state index contributed by atoms with van der Waals surface area (Å²) < 4.78 is 28.4. The first-order valence-corrected chi connectivity index (χ1v) is 10.1. The summed E-state index contributed by atoms with van der Waals surface area (Å²) in [7, 11) is -3.84. The molecule has 142 valence electrons. The summed E-state index contributed by atoms with van der Waals surface area (Å²) in [6.07, 6.45) is 1.38. The minimum absolute atomic E-state index is 0.0654. The van der Waals surface area contributed by atoms with Crippen molar-refractivity contribution in [2.75, 3.05) is 25.0 Å². The number of sulfonamides is 1. The molecular formula is C17H23N3O5S. The second-order valence-electron chi connectivity index (χ2n) is 6.77. The number of ketones is 1. The molecule has 1 saturated carbocycles. The average Bonchev–Trinajstić information content (AvgIpc) is 3.45. The summed E-state index contributed by atoms with van der Waals surface area (Å²) in [6.45, 7) is 3.10. The molecule has 8 nitrogen and oxygen atoms in total. The Balaban J connectivity index is 1.63. The molecular weight excluding hydrogens is 358 g/mol. The Morgan fingerprint density at radius 2 is 2.08 bits per heavy atom. The Bertz CT molecular complexity index is 806. The molecule has 1 heterocycles. The van der Waals surface area contributed by atoms with Crippen LogP contribution >= 0.6 is 0 Å². The van der Waals surface area contributed by atoms with Gasteiger partial charge in [-0.2, -0.15) is 0 Å². The highest BCUT2D eigenvalue weighted by atomic mass is 32.2. The number of amides is 1. The number of benzene rings is 1. The Morgan fingerprint density at radius 1 is 1.35 bits per heavy atom. The van der Waals surface area contributed by atoms with E-state index in [0.717, 1.165) is 12.8 Å². The number of carbonyl (C=O) groups excluding carboxylic acids is 2. The monoisotopic (exact) mass is 381 g/mol. The van der Waals surface area contributed by atoms with Crippen molar-refractivity contribution in [3.8, 4) is 0 Å². The molecule has 1 aliphatic heterocycles. The van der Waals surface area contributed by atoms with Gasteiger partial charge in [0.1, 0.15) is 6.10 Å². The molecule has 3 rings (SSSR count). The van der Waals surface area contributed by atoms with Gasteiger partial charge < -0.3 is 10.1 Å². The van der Waals surface area contributed by atoms with E-state index in [1.165, 1.54) is 18.2 Å². The van der Waals surface area contributed by atoms with Gasteiger partial charge in [0.25, 0.3) is 0 Å². The normalized spacial score (nSPS) is 22.6. The van der Waals surface area contributed by atoms with Crippen molar-refractivity contribution >= 4 is 27.4 Å². The van der Waals surface area contributed by atoms with Gasteiger partial charge in [-0.1, -0.05) is 6.07 Å². The molecule has 1 amide bonds. The van der Waals surface area contributed by atoms with Gasteiger partial charge in [0, 0.05) is 24.7 Å². The van der Waals surface area contributed by atoms with Crippen LogP contribution in [-0.2, 0) is 24.3 Å². The van der Waals surface area contributed by atoms with Crippen LogP contribution in [0.25, 0.3) is 0 Å². The van der Waals surface area contributed by atoms with Gasteiger partial charge >= 0.3 is 0 Å². The number of hydrogen-bond acceptors (Lipinski definition) is 6. The molecule has 0 radical (unpaired) electrons. The summed E-state index contributed by atoms with van der Waals surface area (Å²) >= 11 is 0. The van der Waals surface area contributed by atoms with E-state index >= 15 is 0 Å². The van der Waals surface area contributed by atoms with Crippen LogP contribution < -0.4 is 10.5 Å². The minimum atomic E-state index is -3.84. The van der Waals surface area contributed by atoms with Crippen molar-refractivity contribution in [3.05, 3.63) is 24.3 Å². The molecule has 2 fully saturated rings. The Labute approximate surface area is 152 Å². The predicted molar refractivity (Wildman–Crippen MR) is 95.0 cm³/mol. The topological polar surface area (TPSA) is 119 Å². The fourth-order valence-corrected chi connectivity index (χ4v) is 3.55. The number of nitrogens with one attached hydrogen (secondary N) is 1. The lowest BCUT2D eigenvalue weighted by molar-refractivity contribution is -0.141. The number of nitrogens with two attached hydrogens (primary N) is 1. The number of rotatable bonds is 6. The van der Waals surface area contributed by atoms with Gasteiger partial charge in [-0.15, -0.1) is 0 Å². The number of morpholine rings is 1. The smallest absolute Gasteiger partial charge is 0.241 e. The van der Waals surface area contributed by atoms with Crippen molar-refractivity contribution in [2.24, 2.45) is 11.1 Å². The number of anilines is 1. The van der Waals surface area contributed by atoms with Crippen molar-refractivity contribution < 1.29 is 22.7 Å². The molecule has 1 aromatic carbocycles. The van der Waals surface area contributed by atoms with Crippen LogP contribution in [0.3, 0.4) is 0 Å². The van der Waals surface area contributed by atoms with Crippen LogP contribution in [-0.4, -0.2) is 56.9 Å². The summed E-state index contributed by atoms with van der Waals surface area (Å²) in [5.41, 5.74) is 0.354. The third kappa shape index (κ3) is 4.47. The van der Waals surface area contributed by atoms with Crippen LogP contribution in [0.15, 0.2) is 29.2 Å². The summed E-state index contributed by atoms with van der Waals surface area (Å²) in [5.74, 6) is -0.0377. The Morgan fingerprint density at radius 3 is 2.73 bits per heavy atom. The summed E-state index contributed by atoms with van der Waals surface area (Å²) in [5, 5.41) is 7.82. The quantitative estimate of drug-likeness (QED) is 0.733. The first-order chi connectivity index (χ1) is 12.3. The lowest BCUT2D eigenvalue weighted by atomic mass is 10.1. The molecule has 1 aromatic rings. The van der Waals surface area contributed by atoms with Crippen molar-refractivity contribution in [1.82, 2.24) is 4.90 Å². The number of nitrogens with zero attached hydrogens (tertiary/aromatic N) is 1. The first kappa shape index (κ1) is 19.0. The molecule has 0 spiro atoms. The molecule has 3 N–H and O–H groups in total. The maximum Gasteiger partial charge on any atom is 0.241 e. The fraction of sp³-hybridized carbons (Fsp3) is 0.529. The highest BCUT2D eigenvalue weighted by Crippen LogP contribution is 2.32. The van der Waals surface area contributed by atoms with Gasteiger partial charge in [-0.05, 0) is 38.0 Å². The third-order valence-electron chi connectivity index (χ3n) is 4.75. The van der Waals surface area contributed by atoms with Gasteiger partial charge in [-0.3, -0.25) is 14.5 Å². The molecule has 26 heavy (non-hydrogen) atoms. The van der Waals surface area contributed by atoms with E-state index in [4.69, 9.17) is 9.88 Å². The SMILES string of the molecule is C[C@@H](C(=O)Nc1cccc(S(N)(=O)=O)c1)N1CCO[C@@H](C(=O)C2CC2)C1. The zero-order chi connectivity index (χ0) is 18.9.